The summed E-state index contributed by atoms with van der Waals surface area (Å²) < 4.78 is 38.6. The summed E-state index contributed by atoms with van der Waals surface area (Å²) in [5.41, 5.74) is 1.83. The first kappa shape index (κ1) is 22.8. The van der Waals surface area contributed by atoms with E-state index in [1.165, 1.54) is 28.6 Å². The van der Waals surface area contributed by atoms with Gasteiger partial charge in [-0.25, -0.2) is 8.42 Å². The van der Waals surface area contributed by atoms with Crippen molar-refractivity contribution in [2.75, 3.05) is 14.2 Å². The molecule has 0 fully saturated rings. The highest BCUT2D eigenvalue weighted by molar-refractivity contribution is 7.89. The molecule has 162 valence electrons. The van der Waals surface area contributed by atoms with Crippen LogP contribution in [-0.4, -0.2) is 44.1 Å². The van der Waals surface area contributed by atoms with Crippen molar-refractivity contribution in [1.29, 1.82) is 0 Å². The van der Waals surface area contributed by atoms with Crippen LogP contribution in [0.2, 0.25) is 0 Å². The van der Waals surface area contributed by atoms with Crippen LogP contribution < -0.4 is 14.9 Å². The van der Waals surface area contributed by atoms with Gasteiger partial charge in [-0.2, -0.15) is 4.31 Å². The summed E-state index contributed by atoms with van der Waals surface area (Å²) in [6.45, 7) is 0.311. The second-order valence-electron chi connectivity index (χ2n) is 6.91. The maximum absolute atomic E-state index is 13.4. The molecule has 7 nitrogen and oxygen atoms in total. The number of benzene rings is 3. The smallest absolute Gasteiger partial charge is 0.488 e. The fraction of sp³-hybridized carbons (Fsp3) is 0.182. The predicted molar refractivity (Wildman–Crippen MR) is 119 cm³/mol. The van der Waals surface area contributed by atoms with Gasteiger partial charge in [-0.05, 0) is 53.0 Å². The fourth-order valence-electron chi connectivity index (χ4n) is 3.06. The van der Waals surface area contributed by atoms with E-state index < -0.39 is 17.1 Å². The normalized spacial score (nSPS) is 11.4. The lowest BCUT2D eigenvalue weighted by atomic mass is 9.81. The molecule has 0 unspecified atom stereocenters. The Labute approximate surface area is 182 Å². The third-order valence-electron chi connectivity index (χ3n) is 4.85. The quantitative estimate of drug-likeness (QED) is 0.492. The molecule has 0 amide bonds. The summed E-state index contributed by atoms with van der Waals surface area (Å²) in [5.74, 6) is 1.37. The topological polar surface area (TPSA) is 96.3 Å². The lowest BCUT2D eigenvalue weighted by molar-refractivity contribution is 0.397. The summed E-state index contributed by atoms with van der Waals surface area (Å²) in [6.07, 6.45) is 0. The first-order chi connectivity index (χ1) is 14.8. The Morgan fingerprint density at radius 3 is 1.52 bits per heavy atom. The number of sulfonamides is 1. The summed E-state index contributed by atoms with van der Waals surface area (Å²) in [5, 5.41) is 18.6. The number of hydrogen-bond acceptors (Lipinski definition) is 6. The summed E-state index contributed by atoms with van der Waals surface area (Å²) in [4.78, 5) is 0.0684. The molecule has 0 spiro atoms. The van der Waals surface area contributed by atoms with Gasteiger partial charge >= 0.3 is 7.12 Å². The van der Waals surface area contributed by atoms with E-state index >= 15 is 0 Å². The monoisotopic (exact) mass is 441 g/mol. The van der Waals surface area contributed by atoms with Crippen molar-refractivity contribution in [1.82, 2.24) is 4.31 Å². The van der Waals surface area contributed by atoms with Crippen LogP contribution >= 0.6 is 0 Å². The zero-order chi connectivity index (χ0) is 22.4. The summed E-state index contributed by atoms with van der Waals surface area (Å²) in [7, 11) is -2.38. The molecule has 3 rings (SSSR count). The molecule has 0 bridgehead atoms. The maximum Gasteiger partial charge on any atom is 0.488 e. The number of hydrogen-bond donors (Lipinski definition) is 2. The van der Waals surface area contributed by atoms with Gasteiger partial charge in [-0.3, -0.25) is 0 Å². The predicted octanol–water partition coefficient (Wildman–Crippen LogP) is 1.77. The van der Waals surface area contributed by atoms with Crippen molar-refractivity contribution >= 4 is 22.6 Å². The molecule has 3 aromatic carbocycles. The Kier molecular flexibility index (Phi) is 7.35. The zero-order valence-electron chi connectivity index (χ0n) is 17.3. The highest BCUT2D eigenvalue weighted by Gasteiger charge is 2.25. The molecule has 31 heavy (non-hydrogen) atoms. The van der Waals surface area contributed by atoms with Gasteiger partial charge < -0.3 is 19.5 Å². The van der Waals surface area contributed by atoms with Crippen LogP contribution in [0.5, 0.6) is 11.5 Å². The van der Waals surface area contributed by atoms with Gasteiger partial charge in [0.2, 0.25) is 10.0 Å². The molecule has 9 heteroatoms. The average molecular weight is 441 g/mol. The first-order valence-electron chi connectivity index (χ1n) is 9.55. The number of methoxy groups -OCH3 is 2. The highest BCUT2D eigenvalue weighted by Crippen LogP contribution is 2.23. The third kappa shape index (κ3) is 5.65. The van der Waals surface area contributed by atoms with Gasteiger partial charge in [0.15, 0.2) is 0 Å². The van der Waals surface area contributed by atoms with Crippen molar-refractivity contribution in [3.05, 3.63) is 83.9 Å². The Balaban J connectivity index is 1.93. The summed E-state index contributed by atoms with van der Waals surface area (Å²) >= 11 is 0. The van der Waals surface area contributed by atoms with Crippen molar-refractivity contribution in [2.45, 2.75) is 18.0 Å². The molecule has 0 aliphatic heterocycles. The highest BCUT2D eigenvalue weighted by atomic mass is 32.2. The van der Waals surface area contributed by atoms with E-state index in [0.29, 0.717) is 11.5 Å². The molecule has 0 aromatic heterocycles. The Morgan fingerprint density at radius 2 is 1.16 bits per heavy atom. The van der Waals surface area contributed by atoms with E-state index in [1.54, 1.807) is 38.5 Å². The molecule has 3 aromatic rings. The van der Waals surface area contributed by atoms with E-state index in [-0.39, 0.29) is 23.4 Å². The van der Waals surface area contributed by atoms with Crippen molar-refractivity contribution < 1.29 is 27.9 Å². The van der Waals surface area contributed by atoms with Gasteiger partial charge in [0.05, 0.1) is 19.1 Å². The zero-order valence-corrected chi connectivity index (χ0v) is 18.1. The molecule has 0 aliphatic rings. The van der Waals surface area contributed by atoms with Gasteiger partial charge in [0.1, 0.15) is 11.5 Å². The van der Waals surface area contributed by atoms with Crippen LogP contribution in [0.4, 0.5) is 0 Å². The second kappa shape index (κ2) is 9.97. The minimum absolute atomic E-state index is 0.0684. The van der Waals surface area contributed by atoms with Crippen LogP contribution in [0.25, 0.3) is 0 Å². The van der Waals surface area contributed by atoms with Crippen LogP contribution in [0.3, 0.4) is 0 Å². The van der Waals surface area contributed by atoms with E-state index in [1.807, 2.05) is 24.3 Å². The van der Waals surface area contributed by atoms with Crippen molar-refractivity contribution in [2.24, 2.45) is 0 Å². The first-order valence-corrected chi connectivity index (χ1v) is 11.0. The van der Waals surface area contributed by atoms with E-state index in [4.69, 9.17) is 9.47 Å². The number of rotatable bonds is 9. The van der Waals surface area contributed by atoms with Crippen LogP contribution in [0, 0.1) is 0 Å². The third-order valence-corrected chi connectivity index (χ3v) is 6.66. The largest absolute Gasteiger partial charge is 0.497 e. The summed E-state index contributed by atoms with van der Waals surface area (Å²) in [6, 6.07) is 19.9. The van der Waals surface area contributed by atoms with Crippen LogP contribution in [-0.2, 0) is 23.1 Å². The van der Waals surface area contributed by atoms with Gasteiger partial charge in [-0.15, -0.1) is 0 Å². The SMILES string of the molecule is COc1ccc(CN(Cc2ccc(OC)cc2)S(=O)(=O)c2ccc(B(O)O)cc2)cc1. The van der Waals surface area contributed by atoms with Crippen LogP contribution in [0.1, 0.15) is 11.1 Å². The fourth-order valence-corrected chi connectivity index (χ4v) is 4.47. The van der Waals surface area contributed by atoms with Crippen LogP contribution in [0.15, 0.2) is 77.7 Å². The Bertz CT molecular complexity index is 1030. The minimum Gasteiger partial charge on any atom is -0.497 e. The van der Waals surface area contributed by atoms with E-state index in [9.17, 15) is 18.5 Å². The van der Waals surface area contributed by atoms with Gasteiger partial charge in [-0.1, -0.05) is 36.4 Å². The number of nitrogens with zero attached hydrogens (tertiary/aromatic N) is 1. The molecule has 0 atom stereocenters. The van der Waals surface area contributed by atoms with Crippen molar-refractivity contribution in [3.63, 3.8) is 0 Å². The maximum atomic E-state index is 13.4. The average Bonchev–Trinajstić information content (AvgIpc) is 2.79. The molecular formula is C22H24BNO6S. The van der Waals surface area contributed by atoms with E-state index in [2.05, 4.69) is 0 Å². The lowest BCUT2D eigenvalue weighted by Gasteiger charge is -2.23. The number of ether oxygens (including phenoxy) is 2. The standard InChI is InChI=1S/C22H24BNO6S/c1-29-20-9-3-17(4-10-20)15-24(16-18-5-11-21(30-2)12-6-18)31(27,28)22-13-7-19(8-14-22)23(25)26/h3-14,25-26H,15-16H2,1-2H3. The van der Waals surface area contributed by atoms with Crippen molar-refractivity contribution in [3.8, 4) is 11.5 Å². The molecule has 0 saturated carbocycles. The molecule has 0 heterocycles. The molecule has 0 saturated heterocycles. The van der Waals surface area contributed by atoms with E-state index in [0.717, 1.165) is 11.1 Å². The molecular weight excluding hydrogens is 417 g/mol. The molecule has 2 N–H and O–H groups in total. The second-order valence-corrected chi connectivity index (χ2v) is 8.85. The Hall–Kier alpha value is -2.85. The van der Waals surface area contributed by atoms with Gasteiger partial charge in [0, 0.05) is 13.1 Å². The minimum atomic E-state index is -3.86. The molecule has 0 radical (unpaired) electrons. The Morgan fingerprint density at radius 1 is 0.742 bits per heavy atom. The molecule has 0 aliphatic carbocycles. The van der Waals surface area contributed by atoms with Gasteiger partial charge in [0.25, 0.3) is 0 Å². The lowest BCUT2D eigenvalue weighted by Crippen LogP contribution is -2.32.